The Bertz CT molecular complexity index is 925. The van der Waals surface area contributed by atoms with Crippen molar-refractivity contribution in [2.24, 2.45) is 0 Å². The molecule has 2 aromatic rings. The molecule has 12 heteroatoms. The first-order valence-corrected chi connectivity index (χ1v) is 8.07. The van der Waals surface area contributed by atoms with Crippen molar-refractivity contribution in [2.75, 3.05) is 26.1 Å². The van der Waals surface area contributed by atoms with E-state index < -0.39 is 29.5 Å². The predicted octanol–water partition coefficient (Wildman–Crippen LogP) is 2.08. The van der Waals surface area contributed by atoms with E-state index >= 15 is 0 Å². The van der Waals surface area contributed by atoms with Gasteiger partial charge in [0.1, 0.15) is 23.2 Å². The van der Waals surface area contributed by atoms with E-state index in [-0.39, 0.29) is 23.9 Å². The molecule has 0 saturated heterocycles. The largest absolute Gasteiger partial charge is 0.497 e. The van der Waals surface area contributed by atoms with Crippen molar-refractivity contribution in [3.63, 3.8) is 0 Å². The molecule has 0 aliphatic carbocycles. The Hall–Kier alpha value is -3.31. The van der Waals surface area contributed by atoms with E-state index in [1.165, 1.54) is 33.3 Å². The first kappa shape index (κ1) is 19.5. The topological polar surface area (TPSA) is 100 Å². The lowest BCUT2D eigenvalue weighted by Crippen LogP contribution is -2.35. The van der Waals surface area contributed by atoms with E-state index in [2.05, 4.69) is 20.8 Å². The number of hydrogen-bond donors (Lipinski definition) is 1. The van der Waals surface area contributed by atoms with Gasteiger partial charge < -0.3 is 19.5 Å². The molecule has 0 saturated carbocycles. The number of methoxy groups -OCH3 is 2. The van der Waals surface area contributed by atoms with Gasteiger partial charge in [-0.2, -0.15) is 17.9 Å². The third-order valence-corrected chi connectivity index (χ3v) is 4.03. The van der Waals surface area contributed by atoms with Gasteiger partial charge in [-0.25, -0.2) is 4.79 Å². The van der Waals surface area contributed by atoms with Crippen LogP contribution in [0, 0.1) is 0 Å². The number of nitrogens with one attached hydrogen (secondary N) is 1. The minimum atomic E-state index is -4.89. The number of halogens is 3. The highest BCUT2D eigenvalue weighted by molar-refractivity contribution is 5.93. The summed E-state index contributed by atoms with van der Waals surface area (Å²) in [7, 11) is 2.75. The van der Waals surface area contributed by atoms with Crippen LogP contribution in [0.4, 0.5) is 19.1 Å². The van der Waals surface area contributed by atoms with Crippen LogP contribution < -0.4 is 14.8 Å². The van der Waals surface area contributed by atoms with E-state index in [9.17, 15) is 18.0 Å². The maximum Gasteiger partial charge on any atom is 0.431 e. The van der Waals surface area contributed by atoms with Crippen LogP contribution in [0.5, 0.6) is 11.5 Å². The molecule has 0 spiro atoms. The first-order chi connectivity index (χ1) is 13.3. The van der Waals surface area contributed by atoms with Gasteiger partial charge in [-0.1, -0.05) is 5.10 Å². The molecule has 1 atom stereocenters. The zero-order chi connectivity index (χ0) is 20.5. The number of nitrogens with zero attached hydrogens (tertiary/aromatic N) is 4. The van der Waals surface area contributed by atoms with Crippen molar-refractivity contribution in [1.29, 1.82) is 0 Å². The Morgan fingerprint density at radius 1 is 1.29 bits per heavy atom. The highest BCUT2D eigenvalue weighted by Gasteiger charge is 2.47. The number of alkyl halides is 3. The Labute approximate surface area is 157 Å². The van der Waals surface area contributed by atoms with Gasteiger partial charge in [0.05, 0.1) is 26.4 Å². The van der Waals surface area contributed by atoms with E-state index in [0.29, 0.717) is 5.75 Å². The number of fused-ring (bicyclic) bond motifs is 1. The molecule has 1 unspecified atom stereocenters. The number of allylic oxidation sites excluding steroid dienone is 1. The summed E-state index contributed by atoms with van der Waals surface area (Å²) in [6.07, 6.45) is -4.89. The molecule has 1 aliphatic heterocycles. The average molecular weight is 399 g/mol. The SMILES string of the molecule is CCOC(=O)C1=C(C(F)(F)F)Nc2nnnn2C1c1cc(OC)ccc1OC. The lowest BCUT2D eigenvalue weighted by Gasteiger charge is -2.30. The molecule has 1 aromatic heterocycles. The number of tetrazole rings is 1. The molecule has 0 bridgehead atoms. The molecule has 0 radical (unpaired) electrons. The van der Waals surface area contributed by atoms with Crippen LogP contribution in [0.3, 0.4) is 0 Å². The maximum atomic E-state index is 13.7. The van der Waals surface area contributed by atoms with Crippen LogP contribution in [0.25, 0.3) is 0 Å². The van der Waals surface area contributed by atoms with E-state index in [1.54, 1.807) is 6.07 Å². The zero-order valence-electron chi connectivity index (χ0n) is 15.1. The van der Waals surface area contributed by atoms with Crippen LogP contribution in [0.1, 0.15) is 18.5 Å². The summed E-state index contributed by atoms with van der Waals surface area (Å²) in [5.41, 5.74) is -1.80. The average Bonchev–Trinajstić information content (AvgIpc) is 3.13. The Kier molecular flexibility index (Phi) is 5.12. The molecule has 9 nitrogen and oxygen atoms in total. The first-order valence-electron chi connectivity index (χ1n) is 8.07. The number of anilines is 1. The van der Waals surface area contributed by atoms with Crippen molar-refractivity contribution in [1.82, 2.24) is 20.2 Å². The van der Waals surface area contributed by atoms with E-state index in [0.717, 1.165) is 4.68 Å². The Morgan fingerprint density at radius 3 is 2.64 bits per heavy atom. The second-order valence-corrected chi connectivity index (χ2v) is 5.59. The van der Waals surface area contributed by atoms with Crippen molar-refractivity contribution < 1.29 is 32.2 Å². The molecule has 2 heterocycles. The van der Waals surface area contributed by atoms with Crippen LogP contribution >= 0.6 is 0 Å². The molecule has 150 valence electrons. The monoisotopic (exact) mass is 399 g/mol. The van der Waals surface area contributed by atoms with Gasteiger partial charge in [-0.3, -0.25) is 0 Å². The fraction of sp³-hybridized carbons (Fsp3) is 0.375. The van der Waals surface area contributed by atoms with Gasteiger partial charge in [-0.05, 0) is 35.5 Å². The summed E-state index contributed by atoms with van der Waals surface area (Å²) < 4.78 is 57.6. The number of hydrogen-bond acceptors (Lipinski definition) is 8. The molecule has 3 rings (SSSR count). The second kappa shape index (κ2) is 7.37. The van der Waals surface area contributed by atoms with Gasteiger partial charge in [0.15, 0.2) is 0 Å². The number of esters is 1. The molecule has 28 heavy (non-hydrogen) atoms. The molecule has 1 N–H and O–H groups in total. The van der Waals surface area contributed by atoms with Crippen LogP contribution in [-0.2, 0) is 9.53 Å². The van der Waals surface area contributed by atoms with Crippen LogP contribution in [0.2, 0.25) is 0 Å². The van der Waals surface area contributed by atoms with Gasteiger partial charge in [-0.15, -0.1) is 0 Å². The highest BCUT2D eigenvalue weighted by Crippen LogP contribution is 2.44. The highest BCUT2D eigenvalue weighted by atomic mass is 19.4. The maximum absolute atomic E-state index is 13.7. The van der Waals surface area contributed by atoms with Gasteiger partial charge in [0.2, 0.25) is 5.95 Å². The molecular weight excluding hydrogens is 383 g/mol. The lowest BCUT2D eigenvalue weighted by atomic mass is 9.94. The summed E-state index contributed by atoms with van der Waals surface area (Å²) in [6.45, 7) is 1.38. The number of carbonyl (C=O) groups is 1. The van der Waals surface area contributed by atoms with Gasteiger partial charge in [0, 0.05) is 5.56 Å². The number of rotatable bonds is 5. The minimum absolute atomic E-state index is 0.113. The molecule has 1 aromatic carbocycles. The smallest absolute Gasteiger partial charge is 0.431 e. The van der Waals surface area contributed by atoms with E-state index in [1.807, 2.05) is 0 Å². The minimum Gasteiger partial charge on any atom is -0.497 e. The van der Waals surface area contributed by atoms with Crippen LogP contribution in [-0.4, -0.2) is 53.2 Å². The number of benzene rings is 1. The zero-order valence-corrected chi connectivity index (χ0v) is 15.1. The lowest BCUT2D eigenvalue weighted by molar-refractivity contribution is -0.140. The molecule has 1 aliphatic rings. The fourth-order valence-electron chi connectivity index (χ4n) is 2.87. The number of ether oxygens (including phenoxy) is 3. The van der Waals surface area contributed by atoms with E-state index in [4.69, 9.17) is 14.2 Å². The fourth-order valence-corrected chi connectivity index (χ4v) is 2.87. The summed E-state index contributed by atoms with van der Waals surface area (Å²) in [6, 6.07) is 3.18. The second-order valence-electron chi connectivity index (χ2n) is 5.59. The normalized spacial score (nSPS) is 16.3. The third kappa shape index (κ3) is 3.32. The van der Waals surface area contributed by atoms with Gasteiger partial charge in [0.25, 0.3) is 0 Å². The quantitative estimate of drug-likeness (QED) is 0.763. The predicted molar refractivity (Wildman–Crippen MR) is 88.8 cm³/mol. The van der Waals surface area contributed by atoms with Crippen molar-refractivity contribution >= 4 is 11.9 Å². The summed E-state index contributed by atoms with van der Waals surface area (Å²) in [5, 5.41) is 12.8. The third-order valence-electron chi connectivity index (χ3n) is 4.03. The number of carbonyl (C=O) groups excluding carboxylic acids is 1. The van der Waals surface area contributed by atoms with Crippen molar-refractivity contribution in [3.05, 3.63) is 35.0 Å². The summed E-state index contributed by atoms with van der Waals surface area (Å²) >= 11 is 0. The standard InChI is InChI=1S/C16H16F3N5O4/c1-4-28-14(25)11-12(9-7-8(26-2)5-6-10(9)27-3)24-15(21-22-23-24)20-13(11)16(17,18)19/h5-7,12H,4H2,1-3H3,(H,20,21,23). The summed E-state index contributed by atoms with van der Waals surface area (Å²) in [5.74, 6) is -0.869. The van der Waals surface area contributed by atoms with Gasteiger partial charge >= 0.3 is 12.1 Å². The Morgan fingerprint density at radius 2 is 2.04 bits per heavy atom. The molecule has 0 fully saturated rings. The Balaban J connectivity index is 2.32. The van der Waals surface area contributed by atoms with Crippen molar-refractivity contribution in [3.8, 4) is 11.5 Å². The van der Waals surface area contributed by atoms with Crippen LogP contribution in [0.15, 0.2) is 29.5 Å². The molecule has 0 amide bonds. The number of aromatic nitrogens is 4. The van der Waals surface area contributed by atoms with Crippen molar-refractivity contribution in [2.45, 2.75) is 19.1 Å². The molecular formula is C16H16F3N5O4. The summed E-state index contributed by atoms with van der Waals surface area (Å²) in [4.78, 5) is 12.6.